The summed E-state index contributed by atoms with van der Waals surface area (Å²) in [5.41, 5.74) is 7.43. The third kappa shape index (κ3) is 2.46. The smallest absolute Gasteiger partial charge is 0.284 e. The van der Waals surface area contributed by atoms with Crippen molar-refractivity contribution in [1.29, 1.82) is 0 Å². The van der Waals surface area contributed by atoms with Gasteiger partial charge in [-0.2, -0.15) is 9.67 Å². The van der Waals surface area contributed by atoms with E-state index in [1.807, 2.05) is 31.2 Å². The first-order chi connectivity index (χ1) is 10.6. The Bertz CT molecular complexity index is 857. The zero-order valence-electron chi connectivity index (χ0n) is 11.8. The molecule has 2 aromatic carbocycles. The highest BCUT2D eigenvalue weighted by Gasteiger charge is 2.19. The molecule has 0 amide bonds. The Morgan fingerprint density at radius 3 is 2.68 bits per heavy atom. The van der Waals surface area contributed by atoms with Gasteiger partial charge in [0.05, 0.1) is 5.56 Å². The first-order valence-corrected chi connectivity index (χ1v) is 6.65. The van der Waals surface area contributed by atoms with Gasteiger partial charge in [0, 0.05) is 5.56 Å². The molecule has 0 saturated carbocycles. The Labute approximate surface area is 126 Å². The minimum Gasteiger partial charge on any atom is -0.368 e. The average Bonchev–Trinajstić information content (AvgIpc) is 2.89. The SMILES string of the molecule is Cc1cccc(-c2nc(N)n(C(=O)c3ccccc3F)n2)c1. The number of nitrogen functional groups attached to an aromatic ring is 1. The summed E-state index contributed by atoms with van der Waals surface area (Å²) in [5.74, 6) is -1.03. The predicted octanol–water partition coefficient (Wildman–Crippen LogP) is 2.66. The highest BCUT2D eigenvalue weighted by Crippen LogP contribution is 2.19. The Morgan fingerprint density at radius 2 is 1.95 bits per heavy atom. The largest absolute Gasteiger partial charge is 0.368 e. The third-order valence-electron chi connectivity index (χ3n) is 3.21. The van der Waals surface area contributed by atoms with Crippen LogP contribution in [0.1, 0.15) is 15.9 Å². The number of hydrogen-bond acceptors (Lipinski definition) is 4. The fourth-order valence-corrected chi connectivity index (χ4v) is 2.13. The number of rotatable bonds is 2. The zero-order chi connectivity index (χ0) is 15.7. The monoisotopic (exact) mass is 296 g/mol. The fraction of sp³-hybridized carbons (Fsp3) is 0.0625. The van der Waals surface area contributed by atoms with Gasteiger partial charge in [-0.25, -0.2) is 4.39 Å². The molecule has 0 aliphatic carbocycles. The molecule has 0 radical (unpaired) electrons. The molecule has 22 heavy (non-hydrogen) atoms. The molecular formula is C16H13FN4O. The number of aromatic nitrogens is 3. The maximum Gasteiger partial charge on any atom is 0.284 e. The van der Waals surface area contributed by atoms with Crippen molar-refractivity contribution in [3.05, 3.63) is 65.5 Å². The van der Waals surface area contributed by atoms with Crippen LogP contribution >= 0.6 is 0 Å². The summed E-state index contributed by atoms with van der Waals surface area (Å²) in [7, 11) is 0. The van der Waals surface area contributed by atoms with Crippen molar-refractivity contribution in [2.75, 3.05) is 5.73 Å². The highest BCUT2D eigenvalue weighted by atomic mass is 19.1. The Morgan fingerprint density at radius 1 is 1.18 bits per heavy atom. The van der Waals surface area contributed by atoms with Crippen LogP contribution in [0.15, 0.2) is 48.5 Å². The summed E-state index contributed by atoms with van der Waals surface area (Å²) in [5, 5.41) is 4.10. The number of halogens is 1. The molecule has 3 aromatic rings. The first-order valence-electron chi connectivity index (χ1n) is 6.65. The van der Waals surface area contributed by atoms with E-state index in [0.717, 1.165) is 15.8 Å². The van der Waals surface area contributed by atoms with E-state index in [2.05, 4.69) is 10.1 Å². The lowest BCUT2D eigenvalue weighted by molar-refractivity contribution is 0.0944. The van der Waals surface area contributed by atoms with Crippen molar-refractivity contribution in [1.82, 2.24) is 14.8 Å². The quantitative estimate of drug-likeness (QED) is 0.789. The molecule has 0 fully saturated rings. The van der Waals surface area contributed by atoms with E-state index >= 15 is 0 Å². The van der Waals surface area contributed by atoms with Gasteiger partial charge in [-0.1, -0.05) is 35.9 Å². The van der Waals surface area contributed by atoms with Gasteiger partial charge < -0.3 is 5.73 Å². The Balaban J connectivity index is 2.03. The van der Waals surface area contributed by atoms with Crippen LogP contribution in [0.25, 0.3) is 11.4 Å². The summed E-state index contributed by atoms with van der Waals surface area (Å²) in [6.45, 7) is 1.94. The van der Waals surface area contributed by atoms with Crippen molar-refractivity contribution in [2.24, 2.45) is 0 Å². The molecular weight excluding hydrogens is 283 g/mol. The second-order valence-electron chi connectivity index (χ2n) is 4.86. The second-order valence-corrected chi connectivity index (χ2v) is 4.86. The van der Waals surface area contributed by atoms with Crippen LogP contribution in [-0.4, -0.2) is 20.7 Å². The van der Waals surface area contributed by atoms with Crippen molar-refractivity contribution in [2.45, 2.75) is 6.92 Å². The highest BCUT2D eigenvalue weighted by molar-refractivity contribution is 5.97. The van der Waals surface area contributed by atoms with Gasteiger partial charge in [-0.05, 0) is 25.1 Å². The molecule has 0 aliphatic heterocycles. The molecule has 110 valence electrons. The lowest BCUT2D eigenvalue weighted by atomic mass is 10.1. The van der Waals surface area contributed by atoms with E-state index in [0.29, 0.717) is 5.82 Å². The van der Waals surface area contributed by atoms with Gasteiger partial charge in [-0.3, -0.25) is 4.79 Å². The number of benzene rings is 2. The summed E-state index contributed by atoms with van der Waals surface area (Å²) in [6, 6.07) is 13.2. The molecule has 5 nitrogen and oxygen atoms in total. The standard InChI is InChI=1S/C16H13FN4O/c1-10-5-4-6-11(9-10)14-19-16(18)21(20-14)15(22)12-7-2-3-8-13(12)17/h2-9H,1H3,(H2,18,19,20). The fourth-order valence-electron chi connectivity index (χ4n) is 2.13. The van der Waals surface area contributed by atoms with Crippen LogP contribution in [0.5, 0.6) is 0 Å². The molecule has 1 aromatic heterocycles. The maximum atomic E-state index is 13.7. The Hall–Kier alpha value is -3.02. The van der Waals surface area contributed by atoms with Gasteiger partial charge in [0.15, 0.2) is 5.82 Å². The lowest BCUT2D eigenvalue weighted by Gasteiger charge is -2.02. The van der Waals surface area contributed by atoms with Gasteiger partial charge in [0.1, 0.15) is 5.82 Å². The molecule has 3 rings (SSSR count). The Kier molecular flexibility index (Phi) is 3.42. The topological polar surface area (TPSA) is 73.8 Å². The molecule has 2 N–H and O–H groups in total. The second kappa shape index (κ2) is 5.40. The van der Waals surface area contributed by atoms with Crippen molar-refractivity contribution < 1.29 is 9.18 Å². The minimum absolute atomic E-state index is 0.0789. The van der Waals surface area contributed by atoms with Crippen LogP contribution < -0.4 is 5.73 Å². The van der Waals surface area contributed by atoms with E-state index in [-0.39, 0.29) is 11.5 Å². The van der Waals surface area contributed by atoms with Crippen LogP contribution in [0.3, 0.4) is 0 Å². The maximum absolute atomic E-state index is 13.7. The number of anilines is 1. The zero-order valence-corrected chi connectivity index (χ0v) is 11.8. The van der Waals surface area contributed by atoms with Crippen LogP contribution in [0.2, 0.25) is 0 Å². The van der Waals surface area contributed by atoms with E-state index < -0.39 is 11.7 Å². The molecule has 6 heteroatoms. The van der Waals surface area contributed by atoms with E-state index in [9.17, 15) is 9.18 Å². The van der Waals surface area contributed by atoms with Gasteiger partial charge in [0.25, 0.3) is 5.91 Å². The molecule has 0 aliphatic rings. The van der Waals surface area contributed by atoms with Crippen molar-refractivity contribution >= 4 is 11.9 Å². The molecule has 0 bridgehead atoms. The van der Waals surface area contributed by atoms with Gasteiger partial charge in [0.2, 0.25) is 5.95 Å². The number of hydrogen-bond donors (Lipinski definition) is 1. The number of carbonyl (C=O) groups is 1. The number of nitrogens with zero attached hydrogens (tertiary/aromatic N) is 3. The van der Waals surface area contributed by atoms with Gasteiger partial charge >= 0.3 is 0 Å². The van der Waals surface area contributed by atoms with Gasteiger partial charge in [-0.15, -0.1) is 5.10 Å². The predicted molar refractivity (Wildman–Crippen MR) is 80.7 cm³/mol. The summed E-state index contributed by atoms with van der Waals surface area (Å²) < 4.78 is 14.6. The van der Waals surface area contributed by atoms with Crippen LogP contribution in [-0.2, 0) is 0 Å². The van der Waals surface area contributed by atoms with Crippen LogP contribution in [0.4, 0.5) is 10.3 Å². The lowest BCUT2D eigenvalue weighted by Crippen LogP contribution is -2.17. The number of nitrogens with two attached hydrogens (primary N) is 1. The minimum atomic E-state index is -0.651. The number of carbonyl (C=O) groups excluding carboxylic acids is 1. The molecule has 0 unspecified atom stereocenters. The molecule has 0 atom stereocenters. The van der Waals surface area contributed by atoms with E-state index in [1.54, 1.807) is 6.07 Å². The summed E-state index contributed by atoms with van der Waals surface area (Å²) in [6.07, 6.45) is 0. The molecule has 0 saturated heterocycles. The van der Waals surface area contributed by atoms with E-state index in [1.165, 1.54) is 18.2 Å². The summed E-state index contributed by atoms with van der Waals surface area (Å²) in [4.78, 5) is 16.4. The van der Waals surface area contributed by atoms with Crippen LogP contribution in [0, 0.1) is 12.7 Å². The number of aryl methyl sites for hydroxylation is 1. The van der Waals surface area contributed by atoms with Crippen molar-refractivity contribution in [3.8, 4) is 11.4 Å². The van der Waals surface area contributed by atoms with E-state index in [4.69, 9.17) is 5.73 Å². The third-order valence-corrected chi connectivity index (χ3v) is 3.21. The normalized spacial score (nSPS) is 10.6. The van der Waals surface area contributed by atoms with Crippen molar-refractivity contribution in [3.63, 3.8) is 0 Å². The first kappa shape index (κ1) is 13.9. The summed E-state index contributed by atoms with van der Waals surface area (Å²) >= 11 is 0. The molecule has 0 spiro atoms. The molecule has 1 heterocycles. The average molecular weight is 296 g/mol.